The molecule has 0 bridgehead atoms. The van der Waals surface area contributed by atoms with E-state index in [1.165, 1.54) is 18.4 Å². The van der Waals surface area contributed by atoms with E-state index in [0.29, 0.717) is 0 Å². The van der Waals surface area contributed by atoms with E-state index in [1.807, 2.05) is 7.05 Å². The molecule has 0 aromatic carbocycles. The Kier molecular flexibility index (Phi) is 5.09. The fraction of sp³-hybridized carbons (Fsp3) is 0.778. The Hall–Kier alpha value is -0.460. The molecule has 0 atom stereocenters. The highest BCUT2D eigenvalue weighted by Gasteiger charge is 2.03. The summed E-state index contributed by atoms with van der Waals surface area (Å²) >= 11 is 0. The SMILES string of the molecule is CCC(CC)/C(C)=C/NC. The van der Waals surface area contributed by atoms with Gasteiger partial charge in [0.05, 0.1) is 0 Å². The van der Waals surface area contributed by atoms with Crippen molar-refractivity contribution in [3.63, 3.8) is 0 Å². The maximum atomic E-state index is 3.05. The molecular weight excluding hydrogens is 122 g/mol. The van der Waals surface area contributed by atoms with Gasteiger partial charge in [0.15, 0.2) is 0 Å². The molecule has 1 N–H and O–H groups in total. The van der Waals surface area contributed by atoms with Gasteiger partial charge < -0.3 is 5.32 Å². The normalized spacial score (nSPS) is 12.3. The van der Waals surface area contributed by atoms with Crippen LogP contribution in [0.25, 0.3) is 0 Å². The van der Waals surface area contributed by atoms with E-state index in [-0.39, 0.29) is 0 Å². The van der Waals surface area contributed by atoms with Gasteiger partial charge >= 0.3 is 0 Å². The Balaban J connectivity index is 3.87. The van der Waals surface area contributed by atoms with Crippen LogP contribution < -0.4 is 5.32 Å². The largest absolute Gasteiger partial charge is 0.394 e. The summed E-state index contributed by atoms with van der Waals surface area (Å²) in [5, 5.41) is 3.05. The zero-order valence-corrected chi connectivity index (χ0v) is 7.57. The molecule has 0 saturated carbocycles. The molecule has 0 aromatic heterocycles. The summed E-state index contributed by atoms with van der Waals surface area (Å²) in [6.45, 7) is 6.66. The zero-order valence-electron chi connectivity index (χ0n) is 7.57. The van der Waals surface area contributed by atoms with Crippen LogP contribution >= 0.6 is 0 Å². The third kappa shape index (κ3) is 2.90. The Morgan fingerprint density at radius 1 is 1.40 bits per heavy atom. The van der Waals surface area contributed by atoms with Crippen LogP contribution in [0.3, 0.4) is 0 Å². The van der Waals surface area contributed by atoms with Crippen molar-refractivity contribution >= 4 is 0 Å². The van der Waals surface area contributed by atoms with Crippen LogP contribution in [0.4, 0.5) is 0 Å². The van der Waals surface area contributed by atoms with Gasteiger partial charge in [-0.15, -0.1) is 0 Å². The van der Waals surface area contributed by atoms with Gasteiger partial charge in [-0.2, -0.15) is 0 Å². The summed E-state index contributed by atoms with van der Waals surface area (Å²) in [7, 11) is 1.95. The average molecular weight is 141 g/mol. The molecule has 1 nitrogen and oxygen atoms in total. The lowest BCUT2D eigenvalue weighted by molar-refractivity contribution is 0.568. The highest BCUT2D eigenvalue weighted by atomic mass is 14.8. The number of nitrogens with one attached hydrogen (secondary N) is 1. The fourth-order valence-corrected chi connectivity index (χ4v) is 1.28. The molecule has 60 valence electrons. The summed E-state index contributed by atoms with van der Waals surface area (Å²) in [6, 6.07) is 0. The van der Waals surface area contributed by atoms with E-state index in [9.17, 15) is 0 Å². The molecule has 1 heteroatoms. The van der Waals surface area contributed by atoms with Crippen molar-refractivity contribution in [3.8, 4) is 0 Å². The predicted octanol–water partition coefficient (Wildman–Crippen LogP) is 2.55. The molecule has 0 unspecified atom stereocenters. The van der Waals surface area contributed by atoms with Crippen LogP contribution in [-0.2, 0) is 0 Å². The molecule has 0 spiro atoms. The lowest BCUT2D eigenvalue weighted by Gasteiger charge is -2.12. The molecular formula is C9H19N. The van der Waals surface area contributed by atoms with Crippen molar-refractivity contribution in [2.24, 2.45) is 5.92 Å². The van der Waals surface area contributed by atoms with E-state index in [1.54, 1.807) is 0 Å². The second kappa shape index (κ2) is 5.33. The first-order chi connectivity index (χ1) is 4.76. The molecule has 0 aromatic rings. The highest BCUT2D eigenvalue weighted by Crippen LogP contribution is 2.16. The lowest BCUT2D eigenvalue weighted by atomic mass is 9.96. The van der Waals surface area contributed by atoms with Gasteiger partial charge in [-0.1, -0.05) is 19.4 Å². The van der Waals surface area contributed by atoms with E-state index < -0.39 is 0 Å². The van der Waals surface area contributed by atoms with Crippen LogP contribution in [-0.4, -0.2) is 7.05 Å². The first kappa shape index (κ1) is 9.54. The summed E-state index contributed by atoms with van der Waals surface area (Å²) in [5.74, 6) is 0.771. The van der Waals surface area contributed by atoms with Crippen molar-refractivity contribution in [3.05, 3.63) is 11.8 Å². The summed E-state index contributed by atoms with van der Waals surface area (Å²) < 4.78 is 0. The summed E-state index contributed by atoms with van der Waals surface area (Å²) in [4.78, 5) is 0. The molecule has 0 rings (SSSR count). The number of hydrogen-bond donors (Lipinski definition) is 1. The summed E-state index contributed by atoms with van der Waals surface area (Å²) in [5.41, 5.74) is 1.47. The van der Waals surface area contributed by atoms with E-state index in [0.717, 1.165) is 5.92 Å². The molecule has 0 fully saturated rings. The van der Waals surface area contributed by atoms with Gasteiger partial charge in [-0.05, 0) is 31.9 Å². The molecule has 0 aliphatic heterocycles. The minimum Gasteiger partial charge on any atom is -0.394 e. The first-order valence-electron chi connectivity index (χ1n) is 4.10. The van der Waals surface area contributed by atoms with Crippen molar-refractivity contribution in [2.45, 2.75) is 33.6 Å². The molecule has 0 aliphatic rings. The Labute approximate surface area is 64.5 Å². The van der Waals surface area contributed by atoms with E-state index in [4.69, 9.17) is 0 Å². The van der Waals surface area contributed by atoms with Crippen LogP contribution in [0.15, 0.2) is 11.8 Å². The van der Waals surface area contributed by atoms with Gasteiger partial charge in [0, 0.05) is 7.05 Å². The molecule has 0 heterocycles. The maximum absolute atomic E-state index is 3.05. The van der Waals surface area contributed by atoms with Gasteiger partial charge in [0.1, 0.15) is 0 Å². The Morgan fingerprint density at radius 2 is 1.90 bits per heavy atom. The third-order valence-corrected chi connectivity index (χ3v) is 2.00. The van der Waals surface area contributed by atoms with Gasteiger partial charge in [-0.25, -0.2) is 0 Å². The van der Waals surface area contributed by atoms with Crippen LogP contribution in [0, 0.1) is 5.92 Å². The minimum absolute atomic E-state index is 0.771. The quantitative estimate of drug-likeness (QED) is 0.634. The van der Waals surface area contributed by atoms with Crippen molar-refractivity contribution < 1.29 is 0 Å². The average Bonchev–Trinajstić information content (AvgIpc) is 1.91. The van der Waals surface area contributed by atoms with Crippen LogP contribution in [0.1, 0.15) is 33.6 Å². The topological polar surface area (TPSA) is 12.0 Å². The van der Waals surface area contributed by atoms with Gasteiger partial charge in [0.2, 0.25) is 0 Å². The van der Waals surface area contributed by atoms with E-state index >= 15 is 0 Å². The van der Waals surface area contributed by atoms with Crippen LogP contribution in [0.5, 0.6) is 0 Å². The second-order valence-electron chi connectivity index (χ2n) is 2.69. The third-order valence-electron chi connectivity index (χ3n) is 2.00. The maximum Gasteiger partial charge on any atom is 0.00276 e. The predicted molar refractivity (Wildman–Crippen MR) is 46.9 cm³/mol. The summed E-state index contributed by atoms with van der Waals surface area (Å²) in [6.07, 6.45) is 4.60. The molecule has 0 amide bonds. The van der Waals surface area contributed by atoms with Gasteiger partial charge in [0.25, 0.3) is 0 Å². The molecule has 0 radical (unpaired) electrons. The van der Waals surface area contributed by atoms with Crippen molar-refractivity contribution in [1.29, 1.82) is 0 Å². The zero-order chi connectivity index (χ0) is 7.98. The number of hydrogen-bond acceptors (Lipinski definition) is 1. The molecule has 10 heavy (non-hydrogen) atoms. The molecule has 0 saturated heterocycles. The first-order valence-corrected chi connectivity index (χ1v) is 4.10. The monoisotopic (exact) mass is 141 g/mol. The number of allylic oxidation sites excluding steroid dienone is 1. The van der Waals surface area contributed by atoms with E-state index in [2.05, 4.69) is 32.3 Å². The fourth-order valence-electron chi connectivity index (χ4n) is 1.28. The smallest absolute Gasteiger partial charge is 0.00276 e. The second-order valence-corrected chi connectivity index (χ2v) is 2.69. The Bertz CT molecular complexity index is 101. The highest BCUT2D eigenvalue weighted by molar-refractivity contribution is 5.00. The number of rotatable bonds is 4. The van der Waals surface area contributed by atoms with Crippen molar-refractivity contribution in [1.82, 2.24) is 5.32 Å². The van der Waals surface area contributed by atoms with Gasteiger partial charge in [-0.3, -0.25) is 0 Å². The molecule has 0 aliphatic carbocycles. The lowest BCUT2D eigenvalue weighted by Crippen LogP contribution is -2.03. The Morgan fingerprint density at radius 3 is 2.20 bits per heavy atom. The van der Waals surface area contributed by atoms with Crippen molar-refractivity contribution in [2.75, 3.05) is 7.05 Å². The van der Waals surface area contributed by atoms with Crippen LogP contribution in [0.2, 0.25) is 0 Å². The minimum atomic E-state index is 0.771. The standard InChI is InChI=1S/C9H19N/c1-5-9(6-2)8(3)7-10-4/h7,9-10H,5-6H2,1-4H3/b8-7+.